The summed E-state index contributed by atoms with van der Waals surface area (Å²) in [6.45, 7) is 0.362. The Morgan fingerprint density at radius 3 is 2.76 bits per heavy atom. The number of oxazole rings is 1. The first-order chi connectivity index (χ1) is 16.1. The van der Waals surface area contributed by atoms with Crippen LogP contribution in [0.3, 0.4) is 0 Å². The van der Waals surface area contributed by atoms with Crippen LogP contribution in [-0.4, -0.2) is 22.5 Å². The molecule has 3 saturated carbocycles. The number of aromatic nitrogens is 1. The SMILES string of the molecule is O=C1C=CC2C3=CC(=O)C4C5CC(C(=O)NCc6cnco6)CCC5CCC4C3CCC2C1. The minimum absolute atomic E-state index is 0.0332. The molecule has 0 saturated heterocycles. The lowest BCUT2D eigenvalue weighted by molar-refractivity contribution is -0.135. The van der Waals surface area contributed by atoms with E-state index in [2.05, 4.69) is 16.4 Å². The summed E-state index contributed by atoms with van der Waals surface area (Å²) in [7, 11) is 0. The van der Waals surface area contributed by atoms with Gasteiger partial charge in [-0.15, -0.1) is 0 Å². The lowest BCUT2D eigenvalue weighted by Gasteiger charge is -2.53. The molecule has 8 unspecified atom stereocenters. The third kappa shape index (κ3) is 3.71. The summed E-state index contributed by atoms with van der Waals surface area (Å²) in [5.74, 6) is 3.66. The molecule has 5 aliphatic carbocycles. The van der Waals surface area contributed by atoms with E-state index in [-0.39, 0.29) is 35.2 Å². The average molecular weight is 449 g/mol. The third-order valence-corrected chi connectivity index (χ3v) is 9.41. The molecule has 0 aliphatic heterocycles. The van der Waals surface area contributed by atoms with Crippen molar-refractivity contribution in [3.05, 3.63) is 42.2 Å². The third-order valence-electron chi connectivity index (χ3n) is 9.41. The second kappa shape index (κ2) is 8.37. The summed E-state index contributed by atoms with van der Waals surface area (Å²) in [5.41, 5.74) is 1.30. The highest BCUT2D eigenvalue weighted by atomic mass is 16.3. The number of carbonyl (C=O) groups is 3. The zero-order valence-corrected chi connectivity index (χ0v) is 18.9. The molecule has 1 heterocycles. The molecule has 174 valence electrons. The molecular weight excluding hydrogens is 416 g/mol. The first-order valence-electron chi connectivity index (χ1n) is 12.7. The summed E-state index contributed by atoms with van der Waals surface area (Å²) in [5, 5.41) is 3.01. The number of allylic oxidation sites excluding steroid dienone is 4. The van der Waals surface area contributed by atoms with E-state index in [1.165, 1.54) is 18.4 Å². The topological polar surface area (TPSA) is 89.3 Å². The Hall–Kier alpha value is -2.50. The first kappa shape index (κ1) is 21.1. The molecule has 1 amide bonds. The maximum Gasteiger partial charge on any atom is 0.223 e. The summed E-state index contributed by atoms with van der Waals surface area (Å²) >= 11 is 0. The van der Waals surface area contributed by atoms with Crippen LogP contribution in [0.5, 0.6) is 0 Å². The fourth-order valence-electron chi connectivity index (χ4n) is 7.95. The van der Waals surface area contributed by atoms with Gasteiger partial charge in [-0.3, -0.25) is 14.4 Å². The van der Waals surface area contributed by atoms with Crippen LogP contribution in [0.25, 0.3) is 0 Å². The maximum atomic E-state index is 13.5. The zero-order chi connectivity index (χ0) is 22.5. The first-order valence-corrected chi connectivity index (χ1v) is 12.7. The number of fused-ring (bicyclic) bond motifs is 7. The van der Waals surface area contributed by atoms with E-state index in [1.807, 2.05) is 6.08 Å². The van der Waals surface area contributed by atoms with Crippen molar-refractivity contribution in [2.45, 2.75) is 57.9 Å². The molecule has 0 spiro atoms. The van der Waals surface area contributed by atoms with Crippen LogP contribution in [0.4, 0.5) is 0 Å². The van der Waals surface area contributed by atoms with Crippen LogP contribution in [0.2, 0.25) is 0 Å². The van der Waals surface area contributed by atoms with Crippen LogP contribution in [0.15, 0.2) is 40.8 Å². The predicted molar refractivity (Wildman–Crippen MR) is 120 cm³/mol. The van der Waals surface area contributed by atoms with E-state index >= 15 is 0 Å². The molecule has 8 atom stereocenters. The molecule has 1 aromatic heterocycles. The Balaban J connectivity index is 1.20. The lowest BCUT2D eigenvalue weighted by atomic mass is 9.50. The molecule has 6 nitrogen and oxygen atoms in total. The minimum Gasteiger partial charge on any atom is -0.447 e. The van der Waals surface area contributed by atoms with Crippen molar-refractivity contribution >= 4 is 17.5 Å². The average Bonchev–Trinajstić information content (AvgIpc) is 3.35. The van der Waals surface area contributed by atoms with E-state index in [9.17, 15) is 14.4 Å². The molecule has 0 radical (unpaired) electrons. The van der Waals surface area contributed by atoms with Gasteiger partial charge in [-0.1, -0.05) is 11.6 Å². The van der Waals surface area contributed by atoms with Gasteiger partial charge < -0.3 is 9.73 Å². The van der Waals surface area contributed by atoms with E-state index < -0.39 is 0 Å². The van der Waals surface area contributed by atoms with Gasteiger partial charge in [-0.2, -0.15) is 0 Å². The zero-order valence-electron chi connectivity index (χ0n) is 18.9. The van der Waals surface area contributed by atoms with Crippen molar-refractivity contribution in [1.82, 2.24) is 10.3 Å². The summed E-state index contributed by atoms with van der Waals surface area (Å²) < 4.78 is 5.24. The molecule has 33 heavy (non-hydrogen) atoms. The van der Waals surface area contributed by atoms with Crippen molar-refractivity contribution in [2.75, 3.05) is 0 Å². The molecular formula is C27H32N2O4. The smallest absolute Gasteiger partial charge is 0.223 e. The van der Waals surface area contributed by atoms with Crippen LogP contribution < -0.4 is 5.32 Å². The fourth-order valence-corrected chi connectivity index (χ4v) is 7.95. The van der Waals surface area contributed by atoms with Gasteiger partial charge in [0.2, 0.25) is 5.91 Å². The van der Waals surface area contributed by atoms with Gasteiger partial charge in [0, 0.05) is 24.2 Å². The second-order valence-electron chi connectivity index (χ2n) is 10.9. The second-order valence-corrected chi connectivity index (χ2v) is 10.9. The number of ketones is 2. The molecule has 1 aromatic rings. The molecule has 5 aliphatic rings. The Morgan fingerprint density at radius 1 is 1.06 bits per heavy atom. The molecule has 0 bridgehead atoms. The Bertz CT molecular complexity index is 1010. The predicted octanol–water partition coefficient (Wildman–Crippen LogP) is 4.03. The Kier molecular flexibility index (Phi) is 5.34. The van der Waals surface area contributed by atoms with E-state index in [0.29, 0.717) is 48.3 Å². The molecule has 0 aromatic carbocycles. The number of rotatable bonds is 3. The van der Waals surface area contributed by atoms with Gasteiger partial charge in [0.15, 0.2) is 18.0 Å². The Morgan fingerprint density at radius 2 is 1.91 bits per heavy atom. The lowest BCUT2D eigenvalue weighted by Crippen LogP contribution is -2.50. The Labute approximate surface area is 194 Å². The molecule has 6 heteroatoms. The normalized spacial score (nSPS) is 39.6. The van der Waals surface area contributed by atoms with Crippen LogP contribution in [-0.2, 0) is 20.9 Å². The van der Waals surface area contributed by atoms with E-state index in [0.717, 1.165) is 38.5 Å². The van der Waals surface area contributed by atoms with Gasteiger partial charge in [0.25, 0.3) is 0 Å². The highest BCUT2D eigenvalue weighted by Crippen LogP contribution is 2.57. The van der Waals surface area contributed by atoms with Crippen molar-refractivity contribution in [2.24, 2.45) is 47.3 Å². The number of hydrogen-bond acceptors (Lipinski definition) is 5. The van der Waals surface area contributed by atoms with Crippen LogP contribution in [0, 0.1) is 47.3 Å². The van der Waals surface area contributed by atoms with E-state index in [4.69, 9.17) is 4.42 Å². The number of amides is 1. The number of hydrogen-bond donors (Lipinski definition) is 1. The van der Waals surface area contributed by atoms with Crippen molar-refractivity contribution in [3.8, 4) is 0 Å². The number of nitrogens with one attached hydrogen (secondary N) is 1. The fraction of sp³-hybridized carbons (Fsp3) is 0.630. The van der Waals surface area contributed by atoms with Gasteiger partial charge in [0.05, 0.1) is 12.7 Å². The van der Waals surface area contributed by atoms with Crippen molar-refractivity contribution in [1.29, 1.82) is 0 Å². The summed E-state index contributed by atoms with van der Waals surface area (Å²) in [4.78, 5) is 42.3. The summed E-state index contributed by atoms with van der Waals surface area (Å²) in [6.07, 6.45) is 16.7. The van der Waals surface area contributed by atoms with Gasteiger partial charge in [-0.05, 0) is 86.7 Å². The van der Waals surface area contributed by atoms with E-state index in [1.54, 1.807) is 12.3 Å². The quantitative estimate of drug-likeness (QED) is 0.754. The standard InChI is InChI=1S/C27H32N2O4/c30-18-5-8-20-16(9-18)4-6-21-22-7-3-15-1-2-17(27(32)29-13-19-12-28-14-33-19)10-23(15)26(22)25(31)11-24(20)21/h5,8,11-12,14-17,20-23,26H,1-4,6-7,9-10,13H2,(H,29,32). The van der Waals surface area contributed by atoms with Gasteiger partial charge >= 0.3 is 0 Å². The summed E-state index contributed by atoms with van der Waals surface area (Å²) in [6, 6.07) is 0. The van der Waals surface area contributed by atoms with Crippen molar-refractivity contribution < 1.29 is 18.8 Å². The van der Waals surface area contributed by atoms with Gasteiger partial charge in [0.1, 0.15) is 5.76 Å². The van der Waals surface area contributed by atoms with Crippen LogP contribution in [0.1, 0.15) is 57.1 Å². The molecule has 6 rings (SSSR count). The minimum atomic E-state index is -0.0332. The maximum absolute atomic E-state index is 13.5. The molecule has 1 N–H and O–H groups in total. The highest BCUT2D eigenvalue weighted by molar-refractivity contribution is 5.95. The highest BCUT2D eigenvalue weighted by Gasteiger charge is 2.52. The van der Waals surface area contributed by atoms with Gasteiger partial charge in [-0.25, -0.2) is 4.98 Å². The number of nitrogens with zero attached hydrogens (tertiary/aromatic N) is 1. The molecule has 3 fully saturated rings. The largest absolute Gasteiger partial charge is 0.447 e. The van der Waals surface area contributed by atoms with Crippen LogP contribution >= 0.6 is 0 Å². The number of carbonyl (C=O) groups excluding carboxylic acids is 3. The monoisotopic (exact) mass is 448 g/mol. The van der Waals surface area contributed by atoms with Crippen molar-refractivity contribution in [3.63, 3.8) is 0 Å².